The van der Waals surface area contributed by atoms with E-state index in [0.717, 1.165) is 34.6 Å². The van der Waals surface area contributed by atoms with Crippen molar-refractivity contribution in [2.75, 3.05) is 0 Å². The standard InChI is InChI=1S/C15H9ClFN3.C11H10BNO2.C4HCl2FN2.CH4/c16-15-19-9-13(17)14(20-15)12-6-11(7-18-8-12)10-4-2-1-3-5-10;14-12(15)11-6-10(7-13-8-11)9-4-2-1-3-5-9;5-3-2(7)1-8-4(6)9-3;/h1-9H;1-8,14-15H;1H;1H4. The van der Waals surface area contributed by atoms with Crippen LogP contribution in [0.1, 0.15) is 7.43 Å². The van der Waals surface area contributed by atoms with Gasteiger partial charge >= 0.3 is 7.12 Å². The molecule has 0 radical (unpaired) electrons. The Balaban J connectivity index is 0.000000195. The topological polar surface area (TPSA) is 118 Å². The summed E-state index contributed by atoms with van der Waals surface area (Å²) in [6.45, 7) is 0. The number of benzene rings is 2. The molecular formula is C31H24BCl3F2N6O2. The lowest BCUT2D eigenvalue weighted by molar-refractivity contribution is 0.425. The fraction of sp³-hybridized carbons (Fsp3) is 0.0323. The summed E-state index contributed by atoms with van der Waals surface area (Å²) in [4.78, 5) is 22.3. The van der Waals surface area contributed by atoms with Crippen molar-refractivity contribution in [2.24, 2.45) is 0 Å². The third-order valence-electron chi connectivity index (χ3n) is 5.67. The first-order valence-electron chi connectivity index (χ1n) is 12.6. The first-order valence-corrected chi connectivity index (χ1v) is 13.7. The molecule has 0 bridgehead atoms. The smallest absolute Gasteiger partial charge is 0.423 e. The van der Waals surface area contributed by atoms with Crippen molar-refractivity contribution in [1.82, 2.24) is 29.9 Å². The minimum atomic E-state index is -1.47. The number of rotatable bonds is 4. The van der Waals surface area contributed by atoms with Crippen LogP contribution in [0.3, 0.4) is 0 Å². The van der Waals surface area contributed by atoms with Crippen LogP contribution >= 0.6 is 34.8 Å². The number of halogens is 5. The SMILES string of the molecule is C.Fc1cnc(Cl)nc1-c1cncc(-c2ccccc2)c1.Fc1cnc(Cl)nc1Cl.OB(O)c1cncc(-c2ccccc2)c1. The Kier molecular flexibility index (Phi) is 13.4. The molecule has 0 fully saturated rings. The Bertz CT molecular complexity index is 1830. The molecule has 4 heterocycles. The number of nitrogens with zero attached hydrogens (tertiary/aromatic N) is 6. The average Bonchev–Trinajstić information content (AvgIpc) is 3.06. The Hall–Kier alpha value is -4.39. The second-order valence-electron chi connectivity index (χ2n) is 8.69. The van der Waals surface area contributed by atoms with Crippen LogP contribution < -0.4 is 5.46 Å². The molecule has 2 N–H and O–H groups in total. The highest BCUT2D eigenvalue weighted by Gasteiger charge is 2.12. The lowest BCUT2D eigenvalue weighted by Crippen LogP contribution is -2.30. The van der Waals surface area contributed by atoms with Crippen molar-refractivity contribution in [2.45, 2.75) is 7.43 Å². The van der Waals surface area contributed by atoms with Crippen LogP contribution in [0.2, 0.25) is 15.7 Å². The van der Waals surface area contributed by atoms with Crippen LogP contribution in [0.5, 0.6) is 0 Å². The molecule has 6 rings (SSSR count). The maximum atomic E-state index is 13.8. The van der Waals surface area contributed by atoms with Gasteiger partial charge in [0.15, 0.2) is 16.8 Å². The van der Waals surface area contributed by atoms with Crippen LogP contribution in [0.15, 0.2) is 110 Å². The van der Waals surface area contributed by atoms with Gasteiger partial charge in [0.05, 0.1) is 12.4 Å². The Morgan fingerprint density at radius 1 is 0.556 bits per heavy atom. The molecule has 0 saturated carbocycles. The predicted molar refractivity (Wildman–Crippen MR) is 174 cm³/mol. The summed E-state index contributed by atoms with van der Waals surface area (Å²) < 4.78 is 26.0. The lowest BCUT2D eigenvalue weighted by atomic mass is 9.80. The number of hydrogen-bond donors (Lipinski definition) is 2. The molecule has 0 atom stereocenters. The van der Waals surface area contributed by atoms with Gasteiger partial charge in [0.2, 0.25) is 10.6 Å². The zero-order valence-electron chi connectivity index (χ0n) is 22.4. The molecule has 0 aliphatic heterocycles. The van der Waals surface area contributed by atoms with E-state index in [1.807, 2.05) is 66.7 Å². The van der Waals surface area contributed by atoms with E-state index in [0.29, 0.717) is 11.0 Å². The van der Waals surface area contributed by atoms with Gasteiger partial charge in [0, 0.05) is 41.4 Å². The lowest BCUT2D eigenvalue weighted by Gasteiger charge is -2.05. The first kappa shape index (κ1) is 35.1. The van der Waals surface area contributed by atoms with Gasteiger partial charge in [0.25, 0.3) is 0 Å². The molecule has 0 saturated heterocycles. The van der Waals surface area contributed by atoms with E-state index < -0.39 is 18.8 Å². The maximum Gasteiger partial charge on any atom is 0.490 e. The molecule has 6 aromatic rings. The molecule has 0 unspecified atom stereocenters. The minimum absolute atomic E-state index is 0. The highest BCUT2D eigenvalue weighted by atomic mass is 35.5. The molecular weight excluding hydrogens is 644 g/mol. The highest BCUT2D eigenvalue weighted by Crippen LogP contribution is 2.26. The van der Waals surface area contributed by atoms with Gasteiger partial charge in [0.1, 0.15) is 5.69 Å². The van der Waals surface area contributed by atoms with E-state index in [2.05, 4.69) is 29.9 Å². The summed E-state index contributed by atoms with van der Waals surface area (Å²) in [7, 11) is -1.47. The molecule has 0 aliphatic rings. The second-order valence-corrected chi connectivity index (χ2v) is 9.72. The summed E-state index contributed by atoms with van der Waals surface area (Å²) in [5.41, 5.74) is 4.88. The van der Waals surface area contributed by atoms with Crippen LogP contribution in [0.25, 0.3) is 33.5 Å². The normalized spacial score (nSPS) is 9.93. The molecule has 4 aromatic heterocycles. The van der Waals surface area contributed by atoms with Crippen LogP contribution in [0, 0.1) is 11.6 Å². The van der Waals surface area contributed by atoms with Gasteiger partial charge < -0.3 is 10.0 Å². The monoisotopic (exact) mass is 666 g/mol. The predicted octanol–water partition coefficient (Wildman–Crippen LogP) is 6.99. The van der Waals surface area contributed by atoms with Gasteiger partial charge in [-0.15, -0.1) is 0 Å². The number of pyridine rings is 2. The van der Waals surface area contributed by atoms with Gasteiger partial charge in [-0.1, -0.05) is 85.8 Å². The van der Waals surface area contributed by atoms with E-state index in [4.69, 9.17) is 44.9 Å². The number of hydrogen-bond acceptors (Lipinski definition) is 8. The van der Waals surface area contributed by atoms with Crippen LogP contribution in [-0.2, 0) is 0 Å². The fourth-order valence-corrected chi connectivity index (χ4v) is 4.06. The zero-order chi connectivity index (χ0) is 31.5. The van der Waals surface area contributed by atoms with E-state index in [-0.39, 0.29) is 28.8 Å². The summed E-state index contributed by atoms with van der Waals surface area (Å²) in [6.07, 6.45) is 8.38. The van der Waals surface area contributed by atoms with E-state index in [1.54, 1.807) is 24.7 Å². The zero-order valence-corrected chi connectivity index (χ0v) is 24.7. The maximum absolute atomic E-state index is 13.8. The van der Waals surface area contributed by atoms with Crippen molar-refractivity contribution in [3.63, 3.8) is 0 Å². The molecule has 0 spiro atoms. The molecule has 8 nitrogen and oxygen atoms in total. The van der Waals surface area contributed by atoms with Gasteiger partial charge in [-0.3, -0.25) is 9.97 Å². The summed E-state index contributed by atoms with van der Waals surface area (Å²) in [5.74, 6) is -1.19. The average molecular weight is 668 g/mol. The Morgan fingerprint density at radius 3 is 1.58 bits per heavy atom. The minimum Gasteiger partial charge on any atom is -0.423 e. The summed E-state index contributed by atoms with van der Waals surface area (Å²) in [6, 6.07) is 23.0. The van der Waals surface area contributed by atoms with Gasteiger partial charge in [-0.2, -0.15) is 0 Å². The first-order chi connectivity index (χ1) is 21.2. The molecule has 2 aromatic carbocycles. The molecule has 0 aliphatic carbocycles. The van der Waals surface area contributed by atoms with Crippen molar-refractivity contribution in [1.29, 1.82) is 0 Å². The van der Waals surface area contributed by atoms with Crippen LogP contribution in [-0.4, -0.2) is 47.1 Å². The van der Waals surface area contributed by atoms with E-state index in [9.17, 15) is 8.78 Å². The van der Waals surface area contributed by atoms with Crippen molar-refractivity contribution in [3.05, 3.63) is 137 Å². The van der Waals surface area contributed by atoms with Crippen LogP contribution in [0.4, 0.5) is 8.78 Å². The molecule has 228 valence electrons. The van der Waals surface area contributed by atoms with Crippen molar-refractivity contribution in [3.8, 4) is 33.5 Å². The molecule has 14 heteroatoms. The van der Waals surface area contributed by atoms with Gasteiger partial charge in [-0.05, 0) is 46.0 Å². The highest BCUT2D eigenvalue weighted by molar-refractivity contribution is 6.58. The van der Waals surface area contributed by atoms with Crippen molar-refractivity contribution >= 4 is 47.4 Å². The third-order valence-corrected chi connectivity index (χ3v) is 6.30. The van der Waals surface area contributed by atoms with E-state index >= 15 is 0 Å². The summed E-state index contributed by atoms with van der Waals surface area (Å²) in [5, 5.41) is 17.7. The summed E-state index contributed by atoms with van der Waals surface area (Å²) >= 11 is 16.2. The van der Waals surface area contributed by atoms with Gasteiger partial charge in [-0.25, -0.2) is 28.7 Å². The van der Waals surface area contributed by atoms with E-state index in [1.165, 1.54) is 6.20 Å². The van der Waals surface area contributed by atoms with Crippen molar-refractivity contribution < 1.29 is 18.8 Å². The number of aromatic nitrogens is 6. The second kappa shape index (κ2) is 17.2. The molecule has 0 amide bonds. The third kappa shape index (κ3) is 10.3. The molecule has 45 heavy (non-hydrogen) atoms. The Morgan fingerprint density at radius 2 is 1.04 bits per heavy atom. The Labute approximate surface area is 273 Å². The fourth-order valence-electron chi connectivity index (χ4n) is 3.62. The quantitative estimate of drug-likeness (QED) is 0.117. The largest absolute Gasteiger partial charge is 0.490 e.